The van der Waals surface area contributed by atoms with Crippen molar-refractivity contribution in [1.29, 1.82) is 0 Å². The molecular weight excluding hydrogens is 494 g/mol. The van der Waals surface area contributed by atoms with Crippen molar-refractivity contribution in [3.63, 3.8) is 0 Å². The first-order valence-corrected chi connectivity index (χ1v) is 14.1. The molecule has 7 heteroatoms. The van der Waals surface area contributed by atoms with E-state index in [1.54, 1.807) is 0 Å². The Kier molecular flexibility index (Phi) is 5.69. The van der Waals surface area contributed by atoms with E-state index in [4.69, 9.17) is 21.8 Å². The van der Waals surface area contributed by atoms with Crippen LogP contribution in [-0.2, 0) is 12.0 Å². The normalized spacial score (nSPS) is 25.6. The van der Waals surface area contributed by atoms with Gasteiger partial charge in [0, 0.05) is 28.4 Å². The molecule has 38 heavy (non-hydrogen) atoms. The van der Waals surface area contributed by atoms with Crippen LogP contribution in [0.25, 0.3) is 5.69 Å². The maximum absolute atomic E-state index is 13.9. The summed E-state index contributed by atoms with van der Waals surface area (Å²) < 4.78 is 3.81. The average Bonchev–Trinajstić information content (AvgIpc) is 3.50. The summed E-state index contributed by atoms with van der Waals surface area (Å²) in [4.78, 5) is 13.9. The van der Waals surface area contributed by atoms with Crippen LogP contribution in [0.4, 0.5) is 5.82 Å². The van der Waals surface area contributed by atoms with Crippen LogP contribution in [0.2, 0.25) is 5.02 Å². The molecule has 0 saturated heterocycles. The van der Waals surface area contributed by atoms with Gasteiger partial charge in [0.2, 0.25) is 0 Å². The monoisotopic (exact) mass is 525 g/mol. The molecule has 4 aromatic rings. The molecule has 0 radical (unpaired) electrons. The zero-order valence-corrected chi connectivity index (χ0v) is 22.4. The molecule has 194 valence electrons. The Balaban J connectivity index is 1.21. The predicted octanol–water partition coefficient (Wildman–Crippen LogP) is 6.80. The van der Waals surface area contributed by atoms with Crippen LogP contribution >= 0.6 is 11.6 Å². The van der Waals surface area contributed by atoms with Crippen molar-refractivity contribution < 1.29 is 4.79 Å². The van der Waals surface area contributed by atoms with Gasteiger partial charge >= 0.3 is 0 Å². The van der Waals surface area contributed by atoms with Gasteiger partial charge in [0.25, 0.3) is 5.91 Å². The smallest absolute Gasteiger partial charge is 0.260 e. The molecule has 0 spiro atoms. The van der Waals surface area contributed by atoms with E-state index in [9.17, 15) is 4.79 Å². The zero-order chi connectivity index (χ0) is 25.9. The van der Waals surface area contributed by atoms with E-state index in [1.165, 1.54) is 19.3 Å². The Morgan fingerprint density at radius 3 is 2.29 bits per heavy atom. The highest BCUT2D eigenvalue weighted by molar-refractivity contribution is 6.30. The van der Waals surface area contributed by atoms with Gasteiger partial charge in [-0.1, -0.05) is 41.9 Å². The van der Waals surface area contributed by atoms with Gasteiger partial charge in [0.15, 0.2) is 5.82 Å². The Bertz CT molecular complexity index is 1450. The maximum atomic E-state index is 13.9. The van der Waals surface area contributed by atoms with Crippen molar-refractivity contribution in [2.45, 2.75) is 57.4 Å². The second-order valence-electron chi connectivity index (χ2n) is 11.8. The molecule has 0 aliphatic heterocycles. The minimum Gasteiger partial charge on any atom is -0.305 e. The summed E-state index contributed by atoms with van der Waals surface area (Å²) in [6.07, 6.45) is 9.44. The number of carbonyl (C=O) groups is 1. The molecule has 4 aliphatic rings. The highest BCUT2D eigenvalue weighted by atomic mass is 35.5. The maximum Gasteiger partial charge on any atom is 0.260 e. The number of rotatable bonds is 6. The van der Waals surface area contributed by atoms with Crippen LogP contribution in [-0.4, -0.2) is 25.5 Å². The third-order valence-corrected chi connectivity index (χ3v) is 9.24. The second-order valence-corrected chi connectivity index (χ2v) is 12.2. The minimum atomic E-state index is -0.130. The second kappa shape index (κ2) is 9.12. The van der Waals surface area contributed by atoms with Crippen molar-refractivity contribution in [2.24, 2.45) is 17.8 Å². The zero-order valence-electron chi connectivity index (χ0n) is 21.6. The fourth-order valence-corrected chi connectivity index (χ4v) is 7.85. The molecule has 2 aromatic heterocycles. The van der Waals surface area contributed by atoms with Gasteiger partial charge in [0.05, 0.1) is 23.5 Å². The van der Waals surface area contributed by atoms with Crippen molar-refractivity contribution in [3.05, 3.63) is 94.4 Å². The molecule has 4 aliphatic carbocycles. The highest BCUT2D eigenvalue weighted by Gasteiger charge is 2.54. The number of hydrogen-bond acceptors (Lipinski definition) is 3. The Morgan fingerprint density at radius 1 is 0.974 bits per heavy atom. The molecular formula is C31H32ClN5O. The third-order valence-electron chi connectivity index (χ3n) is 8.99. The first-order valence-electron chi connectivity index (χ1n) is 13.7. The summed E-state index contributed by atoms with van der Waals surface area (Å²) in [6.45, 7) is 2.62. The first kappa shape index (κ1) is 23.7. The van der Waals surface area contributed by atoms with Gasteiger partial charge in [-0.25, -0.2) is 4.68 Å². The summed E-state index contributed by atoms with van der Waals surface area (Å²) in [5, 5.41) is 13.7. The number of hydrogen-bond donors (Lipinski definition) is 1. The number of anilines is 1. The van der Waals surface area contributed by atoms with E-state index < -0.39 is 0 Å². The van der Waals surface area contributed by atoms with Crippen LogP contribution in [0.5, 0.6) is 0 Å². The lowest BCUT2D eigenvalue weighted by Gasteiger charge is -2.56. The molecule has 4 bridgehead atoms. The highest BCUT2D eigenvalue weighted by Crippen LogP contribution is 2.60. The Morgan fingerprint density at radius 2 is 1.63 bits per heavy atom. The molecule has 6 nitrogen and oxygen atoms in total. The number of nitrogens with one attached hydrogen (secondary N) is 1. The number of benzene rings is 2. The molecule has 1 amide bonds. The van der Waals surface area contributed by atoms with E-state index in [1.807, 2.05) is 83.1 Å². The molecule has 4 fully saturated rings. The van der Waals surface area contributed by atoms with Gasteiger partial charge < -0.3 is 5.32 Å². The minimum absolute atomic E-state index is 0.00527. The number of carbonyl (C=O) groups excluding carboxylic acids is 1. The van der Waals surface area contributed by atoms with Crippen LogP contribution in [0.1, 0.15) is 65.8 Å². The van der Waals surface area contributed by atoms with Crippen LogP contribution in [0, 0.1) is 24.7 Å². The average molecular weight is 526 g/mol. The van der Waals surface area contributed by atoms with Gasteiger partial charge in [0.1, 0.15) is 0 Å². The van der Waals surface area contributed by atoms with E-state index >= 15 is 0 Å². The molecule has 4 saturated carbocycles. The number of aromatic nitrogens is 4. The molecule has 0 atom stereocenters. The number of nitrogens with zero attached hydrogens (tertiary/aromatic N) is 4. The largest absolute Gasteiger partial charge is 0.305 e. The lowest BCUT2D eigenvalue weighted by molar-refractivity contribution is -0.00765. The molecule has 8 rings (SSSR count). The molecule has 2 heterocycles. The van der Waals surface area contributed by atoms with Crippen LogP contribution in [0.15, 0.2) is 66.9 Å². The topological polar surface area (TPSA) is 64.7 Å². The summed E-state index contributed by atoms with van der Waals surface area (Å²) in [5.41, 5.74) is 4.73. The van der Waals surface area contributed by atoms with Crippen molar-refractivity contribution in [3.8, 4) is 5.69 Å². The summed E-state index contributed by atoms with van der Waals surface area (Å²) in [6, 6.07) is 19.8. The Labute approximate surface area is 228 Å². The number of aryl methyl sites for hydroxylation is 1. The Hall–Kier alpha value is -3.38. The van der Waals surface area contributed by atoms with E-state index in [0.717, 1.165) is 59.7 Å². The van der Waals surface area contributed by atoms with Crippen LogP contribution in [0.3, 0.4) is 0 Å². The summed E-state index contributed by atoms with van der Waals surface area (Å²) in [5.74, 6) is 2.74. The number of amides is 1. The third kappa shape index (κ3) is 4.25. The standard InChI is InChI=1S/C31H32ClN5O/c1-20-11-28(34-36(20)18-21-7-9-25(32)10-8-21)33-30(38)27-19-37(26-5-3-2-4-6-26)35-29(27)31-15-22-12-23(16-31)14-24(13-22)17-31/h2-11,19,22-24H,12-18H2,1H3,(H,33,34,38). The lowest BCUT2D eigenvalue weighted by Crippen LogP contribution is -2.49. The molecule has 1 N–H and O–H groups in total. The van der Waals surface area contributed by atoms with Crippen LogP contribution < -0.4 is 5.32 Å². The number of halogens is 1. The first-order chi connectivity index (χ1) is 18.4. The fourth-order valence-electron chi connectivity index (χ4n) is 7.72. The van der Waals surface area contributed by atoms with Gasteiger partial charge in [-0.3, -0.25) is 9.48 Å². The fraction of sp³-hybridized carbons (Fsp3) is 0.387. The van der Waals surface area contributed by atoms with Crippen molar-refractivity contribution in [2.75, 3.05) is 5.32 Å². The van der Waals surface area contributed by atoms with Gasteiger partial charge in [-0.2, -0.15) is 10.2 Å². The predicted molar refractivity (Wildman–Crippen MR) is 149 cm³/mol. The summed E-state index contributed by atoms with van der Waals surface area (Å²) >= 11 is 6.04. The number of para-hydroxylation sites is 1. The van der Waals surface area contributed by atoms with Gasteiger partial charge in [-0.15, -0.1) is 0 Å². The quantitative estimate of drug-likeness (QED) is 0.301. The van der Waals surface area contributed by atoms with Gasteiger partial charge in [-0.05, 0) is 93.0 Å². The lowest BCUT2D eigenvalue weighted by atomic mass is 9.48. The molecule has 0 unspecified atom stereocenters. The van der Waals surface area contributed by atoms with E-state index in [2.05, 4.69) is 5.32 Å². The van der Waals surface area contributed by atoms with Crippen molar-refractivity contribution >= 4 is 23.3 Å². The van der Waals surface area contributed by atoms with E-state index in [-0.39, 0.29) is 11.3 Å². The van der Waals surface area contributed by atoms with Crippen molar-refractivity contribution in [1.82, 2.24) is 19.6 Å². The summed E-state index contributed by atoms with van der Waals surface area (Å²) in [7, 11) is 0. The SMILES string of the molecule is Cc1cc(NC(=O)c2cn(-c3ccccc3)nc2C23CC4CC(CC(C4)C2)C3)nn1Cc1ccc(Cl)cc1. The molecule has 2 aromatic carbocycles. The van der Waals surface area contributed by atoms with E-state index in [0.29, 0.717) is 22.9 Å².